The van der Waals surface area contributed by atoms with E-state index in [1.165, 1.54) is 0 Å². The molecular formula is C24H29N7O2. The fraction of sp³-hybridized carbons (Fsp3) is 0.333. The summed E-state index contributed by atoms with van der Waals surface area (Å²) in [7, 11) is 1.74. The maximum absolute atomic E-state index is 12.7. The minimum atomic E-state index is -0.572. The summed E-state index contributed by atoms with van der Waals surface area (Å²) in [6.07, 6.45) is 5.69. The van der Waals surface area contributed by atoms with Crippen molar-refractivity contribution in [3.8, 4) is 11.3 Å². The summed E-state index contributed by atoms with van der Waals surface area (Å²) in [5.41, 5.74) is 11.8. The molecule has 0 radical (unpaired) electrons. The molecule has 1 aliphatic heterocycles. The third-order valence-electron chi connectivity index (χ3n) is 5.88. The van der Waals surface area contributed by atoms with E-state index in [1.54, 1.807) is 42.2 Å². The van der Waals surface area contributed by atoms with Gasteiger partial charge in [-0.25, -0.2) is 14.6 Å². The third kappa shape index (κ3) is 4.73. The molecule has 3 aromatic rings. The summed E-state index contributed by atoms with van der Waals surface area (Å²) in [6, 6.07) is 10.8. The van der Waals surface area contributed by atoms with Crippen LogP contribution in [0.3, 0.4) is 0 Å². The predicted octanol–water partition coefficient (Wildman–Crippen LogP) is 2.85. The smallest absolute Gasteiger partial charge is 0.269 e. The molecule has 0 saturated carbocycles. The predicted molar refractivity (Wildman–Crippen MR) is 128 cm³/mol. The van der Waals surface area contributed by atoms with Crippen LogP contribution in [0, 0.1) is 0 Å². The van der Waals surface area contributed by atoms with Crippen LogP contribution in [0.5, 0.6) is 0 Å². The third-order valence-corrected chi connectivity index (χ3v) is 5.88. The zero-order valence-electron chi connectivity index (χ0n) is 18.9. The number of nitrogens with one attached hydrogen (secondary N) is 3. The van der Waals surface area contributed by atoms with Gasteiger partial charge in [0.15, 0.2) is 5.69 Å². The number of hydrogen-bond acceptors (Lipinski definition) is 6. The lowest BCUT2D eigenvalue weighted by molar-refractivity contribution is 0.0990. The van der Waals surface area contributed by atoms with Crippen LogP contribution in [0.1, 0.15) is 64.5 Å². The van der Waals surface area contributed by atoms with Gasteiger partial charge in [0, 0.05) is 24.4 Å². The quantitative estimate of drug-likeness (QED) is 0.441. The minimum Gasteiger partial charge on any atom is -0.364 e. The van der Waals surface area contributed by atoms with Gasteiger partial charge in [-0.3, -0.25) is 9.59 Å². The van der Waals surface area contributed by atoms with Crippen molar-refractivity contribution in [1.82, 2.24) is 20.0 Å². The lowest BCUT2D eigenvalue weighted by Crippen LogP contribution is -2.32. The van der Waals surface area contributed by atoms with Crippen LogP contribution in [0.25, 0.3) is 11.3 Å². The molecule has 1 aromatic carbocycles. The molecule has 0 spiro atoms. The molecule has 2 amide bonds. The molecule has 5 N–H and O–H groups in total. The second kappa shape index (κ2) is 9.83. The lowest BCUT2D eigenvalue weighted by atomic mass is 10.0. The van der Waals surface area contributed by atoms with Crippen LogP contribution >= 0.6 is 0 Å². The zero-order valence-corrected chi connectivity index (χ0v) is 18.9. The fourth-order valence-corrected chi connectivity index (χ4v) is 4.13. The zero-order chi connectivity index (χ0) is 23.4. The highest BCUT2D eigenvalue weighted by Gasteiger charge is 2.27. The minimum absolute atomic E-state index is 0.0366. The highest BCUT2D eigenvalue weighted by molar-refractivity contribution is 6.04. The average molecular weight is 448 g/mol. The van der Waals surface area contributed by atoms with E-state index in [0.717, 1.165) is 43.6 Å². The highest BCUT2D eigenvalue weighted by atomic mass is 16.2. The SMILES string of the molecule is CCc1ccnc(NC(=O)c2ccc(-c3nc(C4CCCCN4)n(NC)c3C(N)=O)cc2)c1. The number of aromatic nitrogens is 3. The lowest BCUT2D eigenvalue weighted by Gasteiger charge is -2.23. The van der Waals surface area contributed by atoms with Crippen molar-refractivity contribution in [3.63, 3.8) is 0 Å². The van der Waals surface area contributed by atoms with Gasteiger partial charge in [0.1, 0.15) is 17.3 Å². The number of hydrogen-bond donors (Lipinski definition) is 4. The molecule has 0 bridgehead atoms. The molecular weight excluding hydrogens is 418 g/mol. The Balaban J connectivity index is 1.62. The van der Waals surface area contributed by atoms with Gasteiger partial charge in [-0.2, -0.15) is 0 Å². The Bertz CT molecular complexity index is 1150. The monoisotopic (exact) mass is 447 g/mol. The van der Waals surface area contributed by atoms with E-state index in [0.29, 0.717) is 22.6 Å². The molecule has 172 valence electrons. The van der Waals surface area contributed by atoms with Crippen LogP contribution in [-0.2, 0) is 6.42 Å². The number of nitrogens with two attached hydrogens (primary N) is 1. The Morgan fingerprint density at radius 2 is 2.00 bits per heavy atom. The summed E-state index contributed by atoms with van der Waals surface area (Å²) in [5.74, 6) is 0.407. The van der Waals surface area contributed by atoms with Crippen molar-refractivity contribution in [2.75, 3.05) is 24.3 Å². The second-order valence-electron chi connectivity index (χ2n) is 8.03. The largest absolute Gasteiger partial charge is 0.364 e. The first-order valence-corrected chi connectivity index (χ1v) is 11.2. The molecule has 1 saturated heterocycles. The van der Waals surface area contributed by atoms with Crippen molar-refractivity contribution in [3.05, 3.63) is 65.2 Å². The van der Waals surface area contributed by atoms with E-state index in [-0.39, 0.29) is 17.6 Å². The molecule has 1 aliphatic rings. The molecule has 4 rings (SSSR count). The van der Waals surface area contributed by atoms with Gasteiger partial charge in [0.25, 0.3) is 11.8 Å². The van der Waals surface area contributed by atoms with Gasteiger partial charge < -0.3 is 21.8 Å². The van der Waals surface area contributed by atoms with Crippen LogP contribution in [0.15, 0.2) is 42.6 Å². The van der Waals surface area contributed by atoms with Gasteiger partial charge in [-0.15, -0.1) is 0 Å². The van der Waals surface area contributed by atoms with E-state index in [9.17, 15) is 9.59 Å². The molecule has 0 aliphatic carbocycles. The molecule has 9 heteroatoms. The molecule has 33 heavy (non-hydrogen) atoms. The summed E-state index contributed by atoms with van der Waals surface area (Å²) in [4.78, 5) is 34.0. The standard InChI is InChI=1S/C24H29N7O2/c1-3-15-11-13-28-19(14-15)29-24(33)17-9-7-16(8-10-17)20-21(22(25)32)31(26-2)23(30-20)18-6-4-5-12-27-18/h7-11,13-14,18,26-27H,3-6,12H2,1-2H3,(H2,25,32)(H,28,29,33). The van der Waals surface area contributed by atoms with E-state index in [2.05, 4.69) is 21.0 Å². The van der Waals surface area contributed by atoms with Crippen molar-refractivity contribution >= 4 is 17.6 Å². The van der Waals surface area contributed by atoms with Crippen LogP contribution in [0.4, 0.5) is 5.82 Å². The van der Waals surface area contributed by atoms with Crippen molar-refractivity contribution in [2.24, 2.45) is 5.73 Å². The maximum atomic E-state index is 12.7. The average Bonchev–Trinajstić information content (AvgIpc) is 3.25. The van der Waals surface area contributed by atoms with Gasteiger partial charge in [0.05, 0.1) is 6.04 Å². The summed E-state index contributed by atoms with van der Waals surface area (Å²) in [6.45, 7) is 2.95. The molecule has 1 fully saturated rings. The Kier molecular flexibility index (Phi) is 6.69. The number of carbonyl (C=O) groups is 2. The number of piperidine rings is 1. The number of primary amides is 1. The Labute approximate surface area is 192 Å². The number of anilines is 1. The fourth-order valence-electron chi connectivity index (χ4n) is 4.13. The van der Waals surface area contributed by atoms with E-state index in [1.807, 2.05) is 19.1 Å². The summed E-state index contributed by atoms with van der Waals surface area (Å²) >= 11 is 0. The second-order valence-corrected chi connectivity index (χ2v) is 8.03. The summed E-state index contributed by atoms with van der Waals surface area (Å²) < 4.78 is 1.66. The van der Waals surface area contributed by atoms with Gasteiger partial charge >= 0.3 is 0 Å². The number of amides is 2. The number of pyridine rings is 1. The summed E-state index contributed by atoms with van der Waals surface area (Å²) in [5, 5.41) is 6.29. The van der Waals surface area contributed by atoms with E-state index < -0.39 is 5.91 Å². The normalized spacial score (nSPS) is 15.8. The van der Waals surface area contributed by atoms with Crippen molar-refractivity contribution in [2.45, 2.75) is 38.6 Å². The molecule has 1 atom stereocenters. The molecule has 3 heterocycles. The molecule has 1 unspecified atom stereocenters. The Hall–Kier alpha value is -3.72. The molecule has 9 nitrogen and oxygen atoms in total. The highest BCUT2D eigenvalue weighted by Crippen LogP contribution is 2.29. The number of imidazole rings is 1. The number of aryl methyl sites for hydroxylation is 1. The topological polar surface area (TPSA) is 127 Å². The number of benzene rings is 1. The number of rotatable bonds is 7. The Morgan fingerprint density at radius 3 is 2.64 bits per heavy atom. The first-order chi connectivity index (χ1) is 16.0. The molecule has 2 aromatic heterocycles. The van der Waals surface area contributed by atoms with Crippen molar-refractivity contribution < 1.29 is 9.59 Å². The maximum Gasteiger partial charge on any atom is 0.269 e. The van der Waals surface area contributed by atoms with E-state index in [4.69, 9.17) is 10.7 Å². The first kappa shape index (κ1) is 22.5. The van der Waals surface area contributed by atoms with Crippen LogP contribution < -0.4 is 21.8 Å². The van der Waals surface area contributed by atoms with Crippen LogP contribution in [0.2, 0.25) is 0 Å². The van der Waals surface area contributed by atoms with E-state index >= 15 is 0 Å². The van der Waals surface area contributed by atoms with Gasteiger partial charge in [-0.05, 0) is 55.6 Å². The Morgan fingerprint density at radius 1 is 1.21 bits per heavy atom. The van der Waals surface area contributed by atoms with Gasteiger partial charge in [-0.1, -0.05) is 25.5 Å². The first-order valence-electron chi connectivity index (χ1n) is 11.2. The van der Waals surface area contributed by atoms with Crippen LogP contribution in [-0.4, -0.2) is 40.1 Å². The van der Waals surface area contributed by atoms with Gasteiger partial charge in [0.2, 0.25) is 0 Å². The number of carbonyl (C=O) groups excluding carboxylic acids is 2. The number of nitrogens with zero attached hydrogens (tertiary/aromatic N) is 3. The van der Waals surface area contributed by atoms with Crippen molar-refractivity contribution in [1.29, 1.82) is 0 Å².